The van der Waals surface area contributed by atoms with Crippen LogP contribution in [0.2, 0.25) is 0 Å². The van der Waals surface area contributed by atoms with Crippen molar-refractivity contribution < 1.29 is 19.4 Å². The second-order valence-electron chi connectivity index (χ2n) is 7.63. The lowest BCUT2D eigenvalue weighted by molar-refractivity contribution is -0.150. The summed E-state index contributed by atoms with van der Waals surface area (Å²) < 4.78 is 5.46. The summed E-state index contributed by atoms with van der Waals surface area (Å²) in [6.07, 6.45) is 0.156. The Bertz CT molecular complexity index is 981. The average Bonchev–Trinajstić information content (AvgIpc) is 3.07. The minimum absolute atomic E-state index is 0.248. The zero-order valence-corrected chi connectivity index (χ0v) is 16.5. The van der Waals surface area contributed by atoms with Gasteiger partial charge in [0, 0.05) is 17.9 Å². The monoisotopic (exact) mass is 392 g/mol. The molecule has 0 saturated carbocycles. The van der Waals surface area contributed by atoms with Crippen molar-refractivity contribution in [1.82, 2.24) is 0 Å². The van der Waals surface area contributed by atoms with E-state index < -0.39 is 24.0 Å². The van der Waals surface area contributed by atoms with E-state index in [9.17, 15) is 14.7 Å². The van der Waals surface area contributed by atoms with Crippen molar-refractivity contribution in [3.05, 3.63) is 64.7 Å². The van der Waals surface area contributed by atoms with Gasteiger partial charge < -0.3 is 20.1 Å². The first-order valence-electron chi connectivity index (χ1n) is 9.71. The van der Waals surface area contributed by atoms with Gasteiger partial charge in [-0.2, -0.15) is 0 Å². The zero-order chi connectivity index (χ0) is 20.5. The van der Waals surface area contributed by atoms with Gasteiger partial charge in [-0.1, -0.05) is 35.4 Å². The van der Waals surface area contributed by atoms with Crippen molar-refractivity contribution in [2.75, 3.05) is 23.4 Å². The molecule has 2 aromatic carbocycles. The Hall–Kier alpha value is -2.96. The normalized spacial score (nSPS) is 19.6. The molecule has 2 aliphatic rings. The SMILES string of the molecule is CC1=Cc2cc(NC(=O)C(O)C3OCCN(c4ccc(C)cc4)C3=O)ccc2C1. The van der Waals surface area contributed by atoms with Gasteiger partial charge in [0.25, 0.3) is 11.8 Å². The molecule has 2 atom stereocenters. The van der Waals surface area contributed by atoms with Crippen LogP contribution in [0.1, 0.15) is 23.6 Å². The smallest absolute Gasteiger partial charge is 0.259 e. The highest BCUT2D eigenvalue weighted by Gasteiger charge is 2.39. The Kier molecular flexibility index (Phi) is 5.22. The second kappa shape index (κ2) is 7.81. The Labute approximate surface area is 169 Å². The lowest BCUT2D eigenvalue weighted by Crippen LogP contribution is -2.55. The molecule has 2 N–H and O–H groups in total. The highest BCUT2D eigenvalue weighted by atomic mass is 16.5. The Morgan fingerprint density at radius 2 is 1.97 bits per heavy atom. The maximum atomic E-state index is 12.9. The maximum absolute atomic E-state index is 12.9. The predicted octanol–water partition coefficient (Wildman–Crippen LogP) is 2.69. The van der Waals surface area contributed by atoms with Crippen molar-refractivity contribution in [1.29, 1.82) is 0 Å². The van der Waals surface area contributed by atoms with Gasteiger partial charge in [0.15, 0.2) is 12.2 Å². The number of anilines is 2. The highest BCUT2D eigenvalue weighted by Crippen LogP contribution is 2.27. The van der Waals surface area contributed by atoms with Gasteiger partial charge in [-0.25, -0.2) is 0 Å². The van der Waals surface area contributed by atoms with Gasteiger partial charge in [0.2, 0.25) is 0 Å². The molecule has 1 aliphatic heterocycles. The topological polar surface area (TPSA) is 78.9 Å². The molecule has 0 bridgehead atoms. The third-order valence-electron chi connectivity index (χ3n) is 5.31. The summed E-state index contributed by atoms with van der Waals surface area (Å²) in [5.41, 5.74) is 5.93. The summed E-state index contributed by atoms with van der Waals surface area (Å²) in [7, 11) is 0. The van der Waals surface area contributed by atoms with E-state index in [0.29, 0.717) is 12.2 Å². The summed E-state index contributed by atoms with van der Waals surface area (Å²) in [4.78, 5) is 27.0. The summed E-state index contributed by atoms with van der Waals surface area (Å²) in [5, 5.41) is 13.2. The van der Waals surface area contributed by atoms with Crippen LogP contribution >= 0.6 is 0 Å². The Balaban J connectivity index is 1.46. The van der Waals surface area contributed by atoms with Gasteiger partial charge in [-0.15, -0.1) is 0 Å². The summed E-state index contributed by atoms with van der Waals surface area (Å²) >= 11 is 0. The number of hydrogen-bond donors (Lipinski definition) is 2. The van der Waals surface area contributed by atoms with Gasteiger partial charge in [-0.05, 0) is 55.7 Å². The first-order valence-corrected chi connectivity index (χ1v) is 9.71. The summed E-state index contributed by atoms with van der Waals surface area (Å²) in [6, 6.07) is 13.2. The van der Waals surface area contributed by atoms with Gasteiger partial charge >= 0.3 is 0 Å². The number of hydrogen-bond acceptors (Lipinski definition) is 4. The van der Waals surface area contributed by atoms with E-state index >= 15 is 0 Å². The molecule has 2 unspecified atom stereocenters. The minimum Gasteiger partial charge on any atom is -0.380 e. The van der Waals surface area contributed by atoms with Crippen LogP contribution in [-0.4, -0.2) is 42.3 Å². The number of nitrogens with zero attached hydrogens (tertiary/aromatic N) is 1. The van der Waals surface area contributed by atoms with Crippen molar-refractivity contribution in [2.45, 2.75) is 32.5 Å². The van der Waals surface area contributed by atoms with E-state index in [4.69, 9.17) is 4.74 Å². The number of amides is 2. The number of ether oxygens (including phenoxy) is 1. The van der Waals surface area contributed by atoms with E-state index in [0.717, 1.165) is 23.2 Å². The molecule has 1 fully saturated rings. The van der Waals surface area contributed by atoms with Gasteiger partial charge in [0.1, 0.15) is 0 Å². The molecule has 0 spiro atoms. The van der Waals surface area contributed by atoms with Crippen LogP contribution in [0, 0.1) is 6.92 Å². The number of benzene rings is 2. The van der Waals surface area contributed by atoms with E-state index in [2.05, 4.69) is 18.3 Å². The van der Waals surface area contributed by atoms with Crippen LogP contribution < -0.4 is 10.2 Å². The molecule has 6 heteroatoms. The van der Waals surface area contributed by atoms with E-state index in [1.807, 2.05) is 43.3 Å². The zero-order valence-electron chi connectivity index (χ0n) is 16.5. The number of fused-ring (bicyclic) bond motifs is 1. The van der Waals surface area contributed by atoms with Crippen molar-refractivity contribution in [3.8, 4) is 0 Å². The molecule has 4 rings (SSSR count). The number of allylic oxidation sites excluding steroid dienone is 1. The van der Waals surface area contributed by atoms with Crippen LogP contribution in [0.3, 0.4) is 0 Å². The van der Waals surface area contributed by atoms with Crippen LogP contribution in [0.25, 0.3) is 6.08 Å². The van der Waals surface area contributed by atoms with Crippen LogP contribution in [0.15, 0.2) is 48.0 Å². The number of aliphatic hydroxyl groups is 1. The molecule has 6 nitrogen and oxygen atoms in total. The highest BCUT2D eigenvalue weighted by molar-refractivity contribution is 6.03. The van der Waals surface area contributed by atoms with Gasteiger partial charge in [0.05, 0.1) is 6.61 Å². The van der Waals surface area contributed by atoms with Crippen molar-refractivity contribution in [2.24, 2.45) is 0 Å². The largest absolute Gasteiger partial charge is 0.380 e. The Morgan fingerprint density at radius 1 is 1.21 bits per heavy atom. The third kappa shape index (κ3) is 3.95. The summed E-state index contributed by atoms with van der Waals surface area (Å²) in [5.74, 6) is -1.08. The van der Waals surface area contributed by atoms with Crippen molar-refractivity contribution >= 4 is 29.3 Å². The molecule has 2 amide bonds. The molecular weight excluding hydrogens is 368 g/mol. The number of aryl methyl sites for hydroxylation is 1. The lowest BCUT2D eigenvalue weighted by atomic mass is 10.1. The molecule has 1 saturated heterocycles. The fourth-order valence-electron chi connectivity index (χ4n) is 3.75. The molecule has 1 aliphatic carbocycles. The van der Waals surface area contributed by atoms with Crippen LogP contribution in [0.4, 0.5) is 11.4 Å². The van der Waals surface area contributed by atoms with Crippen molar-refractivity contribution in [3.63, 3.8) is 0 Å². The number of nitrogens with one attached hydrogen (secondary N) is 1. The fourth-order valence-corrected chi connectivity index (χ4v) is 3.75. The van der Waals surface area contributed by atoms with E-state index in [-0.39, 0.29) is 6.61 Å². The quantitative estimate of drug-likeness (QED) is 0.839. The Morgan fingerprint density at radius 3 is 2.72 bits per heavy atom. The fraction of sp³-hybridized carbons (Fsp3) is 0.304. The number of morpholine rings is 1. The van der Waals surface area contributed by atoms with E-state index in [1.165, 1.54) is 11.1 Å². The van der Waals surface area contributed by atoms with E-state index in [1.54, 1.807) is 11.0 Å². The molecule has 1 heterocycles. The average molecular weight is 392 g/mol. The van der Waals surface area contributed by atoms with Crippen LogP contribution in [0.5, 0.6) is 0 Å². The number of aliphatic hydroxyl groups excluding tert-OH is 1. The second-order valence-corrected chi connectivity index (χ2v) is 7.63. The molecule has 0 aromatic heterocycles. The number of rotatable bonds is 4. The first-order chi connectivity index (χ1) is 13.9. The lowest BCUT2D eigenvalue weighted by Gasteiger charge is -2.34. The predicted molar refractivity (Wildman–Crippen MR) is 112 cm³/mol. The molecule has 2 aromatic rings. The van der Waals surface area contributed by atoms with Gasteiger partial charge in [-0.3, -0.25) is 9.59 Å². The standard InChI is InChI=1S/C23H24N2O4/c1-14-3-7-19(8-4-14)25-9-10-29-21(23(25)28)20(26)22(27)24-18-6-5-16-11-15(2)12-17(16)13-18/h3-8,12-13,20-21,26H,9-11H2,1-2H3,(H,24,27). The third-order valence-corrected chi connectivity index (χ3v) is 5.31. The summed E-state index contributed by atoms with van der Waals surface area (Å²) in [6.45, 7) is 4.66. The minimum atomic E-state index is -1.60. The molecule has 0 radical (unpaired) electrons. The number of carbonyl (C=O) groups excluding carboxylic acids is 2. The number of carbonyl (C=O) groups is 2. The van der Waals surface area contributed by atoms with Crippen LogP contribution in [-0.2, 0) is 20.7 Å². The molecule has 29 heavy (non-hydrogen) atoms. The first kappa shape index (κ1) is 19.4. The molecular formula is C23H24N2O4. The maximum Gasteiger partial charge on any atom is 0.259 e. The molecule has 150 valence electrons.